The van der Waals surface area contributed by atoms with Gasteiger partial charge in [0.15, 0.2) is 23.0 Å². The lowest BCUT2D eigenvalue weighted by atomic mass is 10.1. The van der Waals surface area contributed by atoms with E-state index in [4.69, 9.17) is 56.8 Å². The second-order valence-corrected chi connectivity index (χ2v) is 30.5. The molecule has 14 rings (SSSR count). The van der Waals surface area contributed by atoms with Crippen LogP contribution in [0.4, 0.5) is 0 Å². The maximum absolute atomic E-state index is 11.8. The molecule has 14 aromatic carbocycles. The minimum atomic E-state index is -1.09. The molecule has 0 unspecified atom stereocenters. The van der Waals surface area contributed by atoms with Gasteiger partial charge in [-0.05, 0) is 248 Å². The molecule has 0 bridgehead atoms. The molecule has 0 heterocycles. The molecule has 0 saturated carbocycles. The minimum absolute atomic E-state index is 0.0273. The molecule has 676 valence electrons. The standard InChI is InChI=1S/C106H84O28/c107-99(108)79-21-3-67(4-22-79)53-123-87-39-75(40-88(49-87)124-54-68-5-23-80(24-6-68)100(109)110)61-131-95-37-19-65(47-97(95)133-63-77-43-91(127-57-71-11-29-83(30-12-71)103(115)116)51-92(44-77)128-58-72-13-31-84(32-14-72)104(117)118)1-2-66-20-38-96(132-62-76-41-89(125-55-69-7-25-81(26-8-69)101(111)112)50-90(42-76)126-56-70-9-27-82(28-10-70)102(113)114)98(48-66)134-64-78-45-93(129-59-73-15-33-85(34-16-73)105(119)120)52-94(46-78)130-60-74-17-35-86(36-18-74)106(121)122/h1-52H,53-64H2,(H,107,108)(H,109,110)(H,111,112)(H,113,114)(H,115,116)(H,117,118)(H,119,120)(H,121,122)/b2-1-. The molecule has 0 aliphatic rings. The van der Waals surface area contributed by atoms with Gasteiger partial charge >= 0.3 is 47.8 Å². The van der Waals surface area contributed by atoms with Crippen molar-refractivity contribution < 1.29 is 136 Å². The van der Waals surface area contributed by atoms with Crippen LogP contribution in [0.1, 0.15) is 161 Å². The zero-order valence-corrected chi connectivity index (χ0v) is 71.3. The minimum Gasteiger partial charge on any atom is -0.489 e. The van der Waals surface area contributed by atoms with E-state index in [1.807, 2.05) is 24.3 Å². The van der Waals surface area contributed by atoms with E-state index in [0.29, 0.717) is 124 Å². The predicted molar refractivity (Wildman–Crippen MR) is 487 cm³/mol. The van der Waals surface area contributed by atoms with Crippen molar-refractivity contribution in [2.45, 2.75) is 79.3 Å². The van der Waals surface area contributed by atoms with Crippen molar-refractivity contribution in [2.24, 2.45) is 0 Å². The zero-order chi connectivity index (χ0) is 94.0. The highest BCUT2D eigenvalue weighted by Gasteiger charge is 2.20. The van der Waals surface area contributed by atoms with Crippen LogP contribution in [-0.2, 0) is 79.3 Å². The molecule has 14 aromatic rings. The Morgan fingerprint density at radius 3 is 0.448 bits per heavy atom. The van der Waals surface area contributed by atoms with Gasteiger partial charge in [-0.2, -0.15) is 0 Å². The number of aromatic carboxylic acids is 8. The lowest BCUT2D eigenvalue weighted by Gasteiger charge is -2.17. The SMILES string of the molecule is O=C(O)c1ccc(COc2cc(COc3ccc(/C=C\c4ccc(OCc5cc(OCc6ccc(C(=O)O)cc6)cc(OCc6ccc(C(=O)O)cc6)c5)c(OCc5cc(OCc6ccc(C(=O)O)cc6)cc(OCc6ccc(C(=O)O)cc6)c5)c4)cc3OCc3cc(OCc4ccc(C(=O)O)cc4)cc(OCc4ccc(C(=O)O)cc4)c3)cc(OCc3ccc(C(=O)O)cc3)c2)cc1. The van der Waals surface area contributed by atoms with E-state index < -0.39 is 47.8 Å². The van der Waals surface area contributed by atoms with Gasteiger partial charge in [0.05, 0.1) is 44.5 Å². The van der Waals surface area contributed by atoms with Crippen molar-refractivity contribution in [3.05, 3.63) is 426 Å². The van der Waals surface area contributed by atoms with E-state index in [0.717, 1.165) is 0 Å². The average Bonchev–Trinajstić information content (AvgIpc) is 0.835. The Labute approximate surface area is 766 Å². The number of ether oxygens (including phenoxy) is 12. The Morgan fingerprint density at radius 2 is 0.299 bits per heavy atom. The van der Waals surface area contributed by atoms with Crippen LogP contribution in [0, 0.1) is 0 Å². The molecule has 0 aromatic heterocycles. The summed E-state index contributed by atoms with van der Waals surface area (Å²) in [7, 11) is 0. The van der Waals surface area contributed by atoms with Crippen molar-refractivity contribution in [3.63, 3.8) is 0 Å². The lowest BCUT2D eigenvalue weighted by Crippen LogP contribution is -2.04. The highest BCUT2D eigenvalue weighted by molar-refractivity contribution is 5.91. The Hall–Kier alpha value is -17.8. The van der Waals surface area contributed by atoms with Crippen LogP contribution in [-0.4, -0.2) is 88.6 Å². The quantitative estimate of drug-likeness (QED) is 0.0164. The first kappa shape index (κ1) is 92.4. The first-order valence-electron chi connectivity index (χ1n) is 41.5. The summed E-state index contributed by atoms with van der Waals surface area (Å²) in [6, 6.07) is 81.2. The summed E-state index contributed by atoms with van der Waals surface area (Å²) >= 11 is 0. The monoisotopic (exact) mass is 1800 g/mol. The van der Waals surface area contributed by atoms with E-state index in [9.17, 15) is 79.2 Å². The topological polar surface area (TPSA) is 409 Å². The fourth-order valence-electron chi connectivity index (χ4n) is 13.4. The third kappa shape index (κ3) is 26.9. The number of rotatable bonds is 46. The van der Waals surface area contributed by atoms with Gasteiger partial charge in [0.1, 0.15) is 125 Å². The number of carbonyl (C=O) groups is 8. The second kappa shape index (κ2) is 44.3. The molecule has 0 amide bonds. The molecule has 28 nitrogen and oxygen atoms in total. The van der Waals surface area contributed by atoms with Crippen LogP contribution in [0.3, 0.4) is 0 Å². The molecular formula is C106H84O28. The van der Waals surface area contributed by atoms with Gasteiger partial charge in [-0.1, -0.05) is 121 Å². The number of carboxylic acid groups (broad SMARTS) is 8. The van der Waals surface area contributed by atoms with Crippen LogP contribution in [0.15, 0.2) is 303 Å². The molecule has 134 heavy (non-hydrogen) atoms. The van der Waals surface area contributed by atoms with Crippen LogP contribution in [0.25, 0.3) is 12.2 Å². The van der Waals surface area contributed by atoms with E-state index in [-0.39, 0.29) is 147 Å². The maximum atomic E-state index is 11.8. The average molecular weight is 1810 g/mol. The van der Waals surface area contributed by atoms with Crippen LogP contribution in [0.5, 0.6) is 69.0 Å². The number of benzene rings is 14. The van der Waals surface area contributed by atoms with Gasteiger partial charge in [-0.3, -0.25) is 0 Å². The summed E-state index contributed by atoms with van der Waals surface area (Å²) in [6.45, 7) is -0.205. The fourth-order valence-corrected chi connectivity index (χ4v) is 13.4. The van der Waals surface area contributed by atoms with Crippen LogP contribution < -0.4 is 56.8 Å². The van der Waals surface area contributed by atoms with Gasteiger partial charge < -0.3 is 97.7 Å². The maximum Gasteiger partial charge on any atom is 0.335 e. The van der Waals surface area contributed by atoms with Crippen molar-refractivity contribution in [2.75, 3.05) is 0 Å². The molecule has 8 N–H and O–H groups in total. The molecule has 0 fully saturated rings. The van der Waals surface area contributed by atoms with Crippen molar-refractivity contribution in [1.82, 2.24) is 0 Å². The summed E-state index contributed by atoms with van der Waals surface area (Å²) in [5.41, 5.74) is 9.57. The molecule has 0 aliphatic heterocycles. The molecule has 0 radical (unpaired) electrons. The fraction of sp³-hybridized carbons (Fsp3) is 0.113. The van der Waals surface area contributed by atoms with Crippen molar-refractivity contribution in [1.29, 1.82) is 0 Å². The highest BCUT2D eigenvalue weighted by Crippen LogP contribution is 2.38. The lowest BCUT2D eigenvalue weighted by molar-refractivity contribution is 0.0686. The van der Waals surface area contributed by atoms with Gasteiger partial charge in [0.2, 0.25) is 0 Å². The van der Waals surface area contributed by atoms with Gasteiger partial charge in [-0.25, -0.2) is 38.4 Å². The Kier molecular flexibility index (Phi) is 30.5. The van der Waals surface area contributed by atoms with E-state index in [1.165, 1.54) is 97.1 Å². The first-order valence-corrected chi connectivity index (χ1v) is 41.5. The Bertz CT molecular complexity index is 5880. The molecule has 0 aliphatic carbocycles. The highest BCUT2D eigenvalue weighted by atomic mass is 16.5. The van der Waals surface area contributed by atoms with E-state index in [2.05, 4.69) is 0 Å². The molecule has 28 heteroatoms. The van der Waals surface area contributed by atoms with Crippen LogP contribution in [0.2, 0.25) is 0 Å². The molecule has 0 atom stereocenters. The van der Waals surface area contributed by atoms with Gasteiger partial charge in [0.25, 0.3) is 0 Å². The van der Waals surface area contributed by atoms with E-state index in [1.54, 1.807) is 194 Å². The summed E-state index contributed by atoms with van der Waals surface area (Å²) in [4.78, 5) is 94.0. The van der Waals surface area contributed by atoms with Gasteiger partial charge in [-0.15, -0.1) is 0 Å². The Morgan fingerprint density at radius 1 is 0.157 bits per heavy atom. The summed E-state index contributed by atoms with van der Waals surface area (Å²) in [6.07, 6.45) is 3.67. The zero-order valence-electron chi connectivity index (χ0n) is 71.3. The van der Waals surface area contributed by atoms with Crippen LogP contribution >= 0.6 is 0 Å². The normalized spacial score (nSPS) is 10.9. The smallest absolute Gasteiger partial charge is 0.335 e. The summed E-state index contributed by atoms with van der Waals surface area (Å²) in [5, 5.41) is 76.8. The Balaban J connectivity index is 0.805. The number of hydrogen-bond donors (Lipinski definition) is 8. The van der Waals surface area contributed by atoms with E-state index >= 15 is 0 Å². The van der Waals surface area contributed by atoms with Crippen molar-refractivity contribution in [3.8, 4) is 69.0 Å². The summed E-state index contributed by atoms with van der Waals surface area (Å²) in [5.74, 6) is -4.82. The third-order valence-corrected chi connectivity index (χ3v) is 20.6. The molecule has 0 spiro atoms. The number of carboxylic acids is 8. The predicted octanol–water partition coefficient (Wildman–Crippen LogP) is 20.4. The van der Waals surface area contributed by atoms with Crippen molar-refractivity contribution >= 4 is 59.9 Å². The second-order valence-electron chi connectivity index (χ2n) is 30.5. The summed E-state index contributed by atoms with van der Waals surface area (Å²) < 4.78 is 77.8. The molecule has 0 saturated heterocycles. The van der Waals surface area contributed by atoms with Gasteiger partial charge in [0, 0.05) is 24.3 Å². The largest absolute Gasteiger partial charge is 0.489 e. The number of hydrogen-bond acceptors (Lipinski definition) is 20. The molecular weight excluding hydrogens is 1720 g/mol. The first-order chi connectivity index (χ1) is 64.8. The third-order valence-electron chi connectivity index (χ3n) is 20.6.